The summed E-state index contributed by atoms with van der Waals surface area (Å²) in [5.74, 6) is 1.09. The summed E-state index contributed by atoms with van der Waals surface area (Å²) in [6.07, 6.45) is 3.09. The molecule has 0 radical (unpaired) electrons. The van der Waals surface area contributed by atoms with Crippen LogP contribution in [0.1, 0.15) is 46.8 Å². The molecule has 1 unspecified atom stereocenters. The van der Waals surface area contributed by atoms with Gasteiger partial charge in [0.05, 0.1) is 19.0 Å². The number of anilines is 2. The maximum absolute atomic E-state index is 13.7. The van der Waals surface area contributed by atoms with Crippen LogP contribution in [0.5, 0.6) is 5.75 Å². The quantitative estimate of drug-likeness (QED) is 0.528. The predicted molar refractivity (Wildman–Crippen MR) is 153 cm³/mol. The van der Waals surface area contributed by atoms with Crippen molar-refractivity contribution in [1.82, 2.24) is 10.2 Å². The van der Waals surface area contributed by atoms with Gasteiger partial charge in [0.15, 0.2) is 0 Å². The lowest BCUT2D eigenvalue weighted by atomic mass is 9.74. The van der Waals surface area contributed by atoms with E-state index in [-0.39, 0.29) is 17.6 Å². The van der Waals surface area contributed by atoms with Crippen molar-refractivity contribution in [3.05, 3.63) is 76.9 Å². The van der Waals surface area contributed by atoms with Crippen LogP contribution in [0.3, 0.4) is 0 Å². The molecule has 0 bridgehead atoms. The minimum atomic E-state index is 0.0160. The number of hydroxylamine groups is 1. The number of carbonyl (C=O) groups is 1. The lowest BCUT2D eigenvalue weighted by molar-refractivity contribution is 0.0925. The Morgan fingerprint density at radius 2 is 1.82 bits per heavy atom. The van der Waals surface area contributed by atoms with Gasteiger partial charge in [-0.3, -0.25) is 14.9 Å². The summed E-state index contributed by atoms with van der Waals surface area (Å²) in [5.41, 5.74) is 8.84. The van der Waals surface area contributed by atoms with Gasteiger partial charge in [0.1, 0.15) is 12.0 Å². The predicted octanol–water partition coefficient (Wildman–Crippen LogP) is 4.87. The maximum atomic E-state index is 13.7. The van der Waals surface area contributed by atoms with E-state index in [2.05, 4.69) is 66.7 Å². The van der Waals surface area contributed by atoms with Crippen LogP contribution < -0.4 is 20.0 Å². The molecule has 3 aromatic rings. The highest BCUT2D eigenvalue weighted by Gasteiger charge is 2.44. The second-order valence-electron chi connectivity index (χ2n) is 11.6. The molecule has 1 amide bonds. The minimum absolute atomic E-state index is 0.0160. The molecule has 4 aliphatic rings. The van der Waals surface area contributed by atoms with Crippen LogP contribution in [0, 0.1) is 6.92 Å². The van der Waals surface area contributed by atoms with Gasteiger partial charge in [-0.1, -0.05) is 18.2 Å². The second-order valence-corrected chi connectivity index (χ2v) is 11.6. The molecule has 1 N–H and O–H groups in total. The van der Waals surface area contributed by atoms with Crippen LogP contribution in [0.4, 0.5) is 11.4 Å². The molecule has 4 heterocycles. The van der Waals surface area contributed by atoms with Crippen LogP contribution in [0.2, 0.25) is 0 Å². The molecule has 2 fully saturated rings. The normalized spacial score (nSPS) is 21.8. The average molecular weight is 525 g/mol. The van der Waals surface area contributed by atoms with Crippen LogP contribution >= 0.6 is 0 Å². The van der Waals surface area contributed by atoms with Crippen molar-refractivity contribution in [2.75, 3.05) is 49.9 Å². The van der Waals surface area contributed by atoms with Crippen molar-refractivity contribution in [1.29, 1.82) is 0 Å². The summed E-state index contributed by atoms with van der Waals surface area (Å²) in [4.78, 5) is 23.9. The lowest BCUT2D eigenvalue weighted by Crippen LogP contribution is -2.42. The van der Waals surface area contributed by atoms with E-state index in [1.807, 2.05) is 29.0 Å². The van der Waals surface area contributed by atoms with Gasteiger partial charge in [-0.15, -0.1) is 0 Å². The standard InChI is InChI=1S/C32H36N4O3/c1-21-16-26(36-20-33-22(2)39-36)8-9-27(21)23-4-6-24(7-5-23)31(37)35-13-10-25-17-30-28(18-29(25)35)32(19-38-30)11-14-34(3)15-12-32/h4-9,16-18,22,33H,10-15,19-20H2,1-3H3. The van der Waals surface area contributed by atoms with Gasteiger partial charge < -0.3 is 14.5 Å². The largest absolute Gasteiger partial charge is 0.492 e. The van der Waals surface area contributed by atoms with E-state index in [4.69, 9.17) is 9.57 Å². The number of aryl methyl sites for hydroxylation is 1. The van der Waals surface area contributed by atoms with Crippen molar-refractivity contribution in [2.45, 2.75) is 44.8 Å². The first-order valence-electron chi connectivity index (χ1n) is 14.1. The molecule has 0 saturated carbocycles. The Labute approximate surface area is 230 Å². The fraction of sp³-hybridized carbons (Fsp3) is 0.406. The molecule has 1 atom stereocenters. The number of likely N-dealkylation sites (tertiary alicyclic amines) is 1. The molecule has 39 heavy (non-hydrogen) atoms. The van der Waals surface area contributed by atoms with E-state index in [1.165, 1.54) is 16.7 Å². The topological polar surface area (TPSA) is 57.3 Å². The summed E-state index contributed by atoms with van der Waals surface area (Å²) in [7, 11) is 2.19. The van der Waals surface area contributed by atoms with Crippen LogP contribution in [-0.4, -0.2) is 57.0 Å². The molecule has 0 aliphatic carbocycles. The Kier molecular flexibility index (Phi) is 5.92. The molecule has 7 heteroatoms. The summed E-state index contributed by atoms with van der Waals surface area (Å²) < 4.78 is 6.20. The Hall–Kier alpha value is -3.39. The number of nitrogens with zero attached hydrogens (tertiary/aromatic N) is 3. The van der Waals surface area contributed by atoms with E-state index in [9.17, 15) is 4.79 Å². The SMILES string of the molecule is Cc1cc(N2CNC(C)O2)ccc1-c1ccc(C(=O)N2CCc3cc4c(cc32)C2(CCN(C)CC2)CO4)cc1. The number of benzene rings is 3. The molecule has 1 spiro atoms. The third-order valence-electron chi connectivity index (χ3n) is 9.09. The number of fused-ring (bicyclic) bond motifs is 3. The van der Waals surface area contributed by atoms with Gasteiger partial charge >= 0.3 is 0 Å². The van der Waals surface area contributed by atoms with E-state index < -0.39 is 0 Å². The summed E-state index contributed by atoms with van der Waals surface area (Å²) in [6.45, 7) is 8.42. The Balaban J connectivity index is 1.12. The second kappa shape index (κ2) is 9.37. The maximum Gasteiger partial charge on any atom is 0.258 e. The Bertz CT molecular complexity index is 1430. The molecule has 7 nitrogen and oxygen atoms in total. The molecule has 202 valence electrons. The average Bonchev–Trinajstić information content (AvgIpc) is 3.66. The van der Waals surface area contributed by atoms with E-state index >= 15 is 0 Å². The zero-order valence-corrected chi connectivity index (χ0v) is 23.0. The van der Waals surface area contributed by atoms with Crippen molar-refractivity contribution in [3.63, 3.8) is 0 Å². The highest BCUT2D eigenvalue weighted by Crippen LogP contribution is 2.49. The highest BCUT2D eigenvalue weighted by molar-refractivity contribution is 6.07. The molecular weight excluding hydrogens is 488 g/mol. The summed E-state index contributed by atoms with van der Waals surface area (Å²) in [6, 6.07) is 18.9. The van der Waals surface area contributed by atoms with Gasteiger partial charge in [0.2, 0.25) is 0 Å². The zero-order valence-electron chi connectivity index (χ0n) is 23.0. The summed E-state index contributed by atoms with van der Waals surface area (Å²) >= 11 is 0. The monoisotopic (exact) mass is 524 g/mol. The molecule has 7 rings (SSSR count). The van der Waals surface area contributed by atoms with Crippen molar-refractivity contribution in [2.24, 2.45) is 0 Å². The Morgan fingerprint density at radius 1 is 1.03 bits per heavy atom. The number of ether oxygens (including phenoxy) is 1. The first kappa shape index (κ1) is 24.6. The lowest BCUT2D eigenvalue weighted by Gasteiger charge is -2.37. The molecule has 2 saturated heterocycles. The number of hydrogen-bond donors (Lipinski definition) is 1. The third-order valence-corrected chi connectivity index (χ3v) is 9.09. The van der Waals surface area contributed by atoms with Crippen molar-refractivity contribution in [3.8, 4) is 16.9 Å². The van der Waals surface area contributed by atoms with Crippen LogP contribution in [0.15, 0.2) is 54.6 Å². The van der Waals surface area contributed by atoms with Crippen LogP contribution in [0.25, 0.3) is 11.1 Å². The van der Waals surface area contributed by atoms with E-state index in [0.29, 0.717) is 13.2 Å². The third kappa shape index (κ3) is 4.20. The first-order valence-corrected chi connectivity index (χ1v) is 14.1. The van der Waals surface area contributed by atoms with E-state index in [0.717, 1.165) is 72.8 Å². The van der Waals surface area contributed by atoms with Gasteiger partial charge in [-0.25, -0.2) is 5.06 Å². The van der Waals surface area contributed by atoms with Gasteiger partial charge in [0, 0.05) is 28.8 Å². The van der Waals surface area contributed by atoms with Gasteiger partial charge in [-0.2, -0.15) is 0 Å². The van der Waals surface area contributed by atoms with Crippen molar-refractivity contribution >= 4 is 17.3 Å². The summed E-state index contributed by atoms with van der Waals surface area (Å²) in [5, 5.41) is 5.15. The van der Waals surface area contributed by atoms with Crippen molar-refractivity contribution < 1.29 is 14.4 Å². The van der Waals surface area contributed by atoms with Gasteiger partial charge in [-0.05, 0) is 112 Å². The molecule has 3 aromatic carbocycles. The number of amides is 1. The number of nitrogens with one attached hydrogen (secondary N) is 1. The highest BCUT2D eigenvalue weighted by atomic mass is 16.7. The first-order chi connectivity index (χ1) is 18.9. The van der Waals surface area contributed by atoms with E-state index in [1.54, 1.807) is 0 Å². The molecule has 0 aromatic heterocycles. The zero-order chi connectivity index (χ0) is 26.7. The minimum Gasteiger partial charge on any atom is -0.492 e. The van der Waals surface area contributed by atoms with Crippen LogP contribution in [-0.2, 0) is 16.7 Å². The number of piperidine rings is 1. The Morgan fingerprint density at radius 3 is 2.54 bits per heavy atom. The van der Waals surface area contributed by atoms with Gasteiger partial charge in [0.25, 0.3) is 5.91 Å². The molecule has 4 aliphatic heterocycles. The smallest absolute Gasteiger partial charge is 0.258 e. The fourth-order valence-corrected chi connectivity index (χ4v) is 6.62. The number of rotatable bonds is 3. The molecular formula is C32H36N4O3. The number of hydrogen-bond acceptors (Lipinski definition) is 6. The number of carbonyl (C=O) groups excluding carboxylic acids is 1. The fourth-order valence-electron chi connectivity index (χ4n) is 6.62.